The number of benzene rings is 1. The van der Waals surface area contributed by atoms with Crippen molar-refractivity contribution >= 4 is 0 Å². The van der Waals surface area contributed by atoms with Crippen molar-refractivity contribution in [2.24, 2.45) is 0 Å². The van der Waals surface area contributed by atoms with E-state index in [0.717, 1.165) is 35.7 Å². The molecular formula is C15H18FN3O. The zero-order chi connectivity index (χ0) is 14.3. The lowest BCUT2D eigenvalue weighted by Crippen LogP contribution is -2.18. The van der Waals surface area contributed by atoms with Gasteiger partial charge in [0.1, 0.15) is 17.7 Å². The zero-order valence-corrected chi connectivity index (χ0v) is 11.9. The Morgan fingerprint density at radius 2 is 2.00 bits per heavy atom. The predicted octanol–water partition coefficient (Wildman–Crippen LogP) is 2.99. The Bertz CT molecular complexity index is 636. The average Bonchev–Trinajstić information content (AvgIpc) is 2.81. The van der Waals surface area contributed by atoms with E-state index >= 15 is 0 Å². The van der Waals surface area contributed by atoms with Gasteiger partial charge in [-0.1, -0.05) is 0 Å². The quantitative estimate of drug-likeness (QED) is 0.864. The Morgan fingerprint density at radius 3 is 2.75 bits per heavy atom. The van der Waals surface area contributed by atoms with Crippen LogP contribution in [0.15, 0.2) is 18.2 Å². The van der Waals surface area contributed by atoms with Gasteiger partial charge in [-0.2, -0.15) is 0 Å². The fourth-order valence-corrected chi connectivity index (χ4v) is 2.71. The van der Waals surface area contributed by atoms with E-state index in [4.69, 9.17) is 4.74 Å². The van der Waals surface area contributed by atoms with Gasteiger partial charge in [-0.05, 0) is 51.0 Å². The van der Waals surface area contributed by atoms with Crippen LogP contribution in [0.25, 0.3) is 5.69 Å². The Morgan fingerprint density at radius 1 is 1.20 bits per heavy atom. The first-order valence-electron chi connectivity index (χ1n) is 6.94. The van der Waals surface area contributed by atoms with Gasteiger partial charge in [0, 0.05) is 6.42 Å². The van der Waals surface area contributed by atoms with Crippen molar-refractivity contribution in [3.63, 3.8) is 0 Å². The zero-order valence-electron chi connectivity index (χ0n) is 11.9. The number of halogens is 1. The number of aryl methyl sites for hydroxylation is 2. The van der Waals surface area contributed by atoms with Gasteiger partial charge in [0.15, 0.2) is 5.82 Å². The number of ether oxygens (including phenoxy) is 1. The lowest BCUT2D eigenvalue weighted by molar-refractivity contribution is 0.0118. The van der Waals surface area contributed by atoms with Crippen LogP contribution in [0.3, 0.4) is 0 Å². The molecule has 0 aliphatic carbocycles. The van der Waals surface area contributed by atoms with Crippen LogP contribution in [0.4, 0.5) is 4.39 Å². The Kier molecular flexibility index (Phi) is 3.30. The van der Waals surface area contributed by atoms with E-state index in [2.05, 4.69) is 10.2 Å². The van der Waals surface area contributed by atoms with Crippen LogP contribution >= 0.6 is 0 Å². The molecule has 0 bridgehead atoms. The van der Waals surface area contributed by atoms with Gasteiger partial charge in [0.2, 0.25) is 0 Å². The molecule has 0 saturated heterocycles. The van der Waals surface area contributed by atoms with Crippen molar-refractivity contribution in [1.82, 2.24) is 14.8 Å². The molecule has 0 saturated carbocycles. The Labute approximate surface area is 117 Å². The molecule has 2 heterocycles. The topological polar surface area (TPSA) is 39.9 Å². The molecule has 0 amide bonds. The highest BCUT2D eigenvalue weighted by atomic mass is 19.1. The summed E-state index contributed by atoms with van der Waals surface area (Å²) in [6, 6.07) is 4.87. The summed E-state index contributed by atoms with van der Waals surface area (Å²) < 4.78 is 21.2. The van der Waals surface area contributed by atoms with Crippen LogP contribution in [-0.4, -0.2) is 20.9 Å². The molecule has 1 aromatic carbocycles. The maximum absolute atomic E-state index is 13.4. The third-order valence-electron chi connectivity index (χ3n) is 3.50. The minimum atomic E-state index is -0.201. The number of fused-ring (bicyclic) bond motifs is 3. The predicted molar refractivity (Wildman–Crippen MR) is 73.4 cm³/mol. The Balaban J connectivity index is 2.06. The molecule has 1 aromatic heterocycles. The molecule has 1 aliphatic rings. The van der Waals surface area contributed by atoms with Crippen molar-refractivity contribution in [1.29, 1.82) is 0 Å². The molecule has 20 heavy (non-hydrogen) atoms. The SMILES string of the molecule is CC(C)OC(C)c1nnc2n1-c1ccc(F)cc1CC2. The van der Waals surface area contributed by atoms with Crippen LogP contribution in [0.2, 0.25) is 0 Å². The second-order valence-electron chi connectivity index (χ2n) is 5.41. The molecule has 1 atom stereocenters. The molecular weight excluding hydrogens is 257 g/mol. The van der Waals surface area contributed by atoms with Crippen LogP contribution in [0.5, 0.6) is 0 Å². The van der Waals surface area contributed by atoms with E-state index in [-0.39, 0.29) is 18.0 Å². The highest BCUT2D eigenvalue weighted by molar-refractivity contribution is 5.46. The molecule has 106 valence electrons. The van der Waals surface area contributed by atoms with E-state index in [9.17, 15) is 4.39 Å². The summed E-state index contributed by atoms with van der Waals surface area (Å²) in [7, 11) is 0. The van der Waals surface area contributed by atoms with Crippen molar-refractivity contribution in [2.45, 2.75) is 45.8 Å². The maximum Gasteiger partial charge on any atom is 0.166 e. The van der Waals surface area contributed by atoms with Gasteiger partial charge >= 0.3 is 0 Å². The fraction of sp³-hybridized carbons (Fsp3) is 0.467. The number of rotatable bonds is 3. The Hall–Kier alpha value is -1.75. The molecule has 1 aliphatic heterocycles. The average molecular weight is 275 g/mol. The van der Waals surface area contributed by atoms with Crippen LogP contribution in [0.1, 0.15) is 44.1 Å². The highest BCUT2D eigenvalue weighted by Crippen LogP contribution is 2.29. The third kappa shape index (κ3) is 2.22. The first kappa shape index (κ1) is 13.2. The number of nitrogens with zero attached hydrogens (tertiary/aromatic N) is 3. The third-order valence-corrected chi connectivity index (χ3v) is 3.50. The summed E-state index contributed by atoms with van der Waals surface area (Å²) in [5.41, 5.74) is 1.96. The number of hydrogen-bond acceptors (Lipinski definition) is 3. The second-order valence-corrected chi connectivity index (χ2v) is 5.41. The smallest absolute Gasteiger partial charge is 0.166 e. The van der Waals surface area contributed by atoms with Crippen LogP contribution in [-0.2, 0) is 17.6 Å². The molecule has 5 heteroatoms. The monoisotopic (exact) mass is 275 g/mol. The van der Waals surface area contributed by atoms with Crippen LogP contribution < -0.4 is 0 Å². The summed E-state index contributed by atoms with van der Waals surface area (Å²) in [6.45, 7) is 5.95. The van der Waals surface area contributed by atoms with Gasteiger partial charge in [-0.3, -0.25) is 4.57 Å². The largest absolute Gasteiger partial charge is 0.368 e. The molecule has 4 nitrogen and oxygen atoms in total. The molecule has 0 spiro atoms. The normalized spacial score (nSPS) is 15.1. The minimum absolute atomic E-state index is 0.120. The van der Waals surface area contributed by atoms with Crippen molar-refractivity contribution < 1.29 is 9.13 Å². The molecule has 0 fully saturated rings. The van der Waals surface area contributed by atoms with Crippen molar-refractivity contribution in [2.75, 3.05) is 0 Å². The van der Waals surface area contributed by atoms with Crippen molar-refractivity contribution in [3.05, 3.63) is 41.2 Å². The fourth-order valence-electron chi connectivity index (χ4n) is 2.71. The maximum atomic E-state index is 13.4. The molecule has 0 N–H and O–H groups in total. The highest BCUT2D eigenvalue weighted by Gasteiger charge is 2.25. The van der Waals surface area contributed by atoms with Crippen molar-refractivity contribution in [3.8, 4) is 5.69 Å². The van der Waals surface area contributed by atoms with Gasteiger partial charge in [0.05, 0.1) is 11.8 Å². The summed E-state index contributed by atoms with van der Waals surface area (Å²) in [5.74, 6) is 1.49. The standard InChI is InChI=1S/C15H18FN3O/c1-9(2)20-10(3)15-18-17-14-7-4-11-8-12(16)5-6-13(11)19(14)15/h5-6,8-10H,4,7H2,1-3H3. The van der Waals surface area contributed by atoms with E-state index in [1.54, 1.807) is 12.1 Å². The molecule has 1 unspecified atom stereocenters. The van der Waals surface area contributed by atoms with E-state index in [1.807, 2.05) is 25.3 Å². The second kappa shape index (κ2) is 4.98. The van der Waals surface area contributed by atoms with Gasteiger partial charge in [-0.15, -0.1) is 10.2 Å². The van der Waals surface area contributed by atoms with E-state index in [0.29, 0.717) is 0 Å². The lowest BCUT2D eigenvalue weighted by atomic mass is 10.0. The summed E-state index contributed by atoms with van der Waals surface area (Å²) in [6.07, 6.45) is 1.55. The summed E-state index contributed by atoms with van der Waals surface area (Å²) >= 11 is 0. The molecule has 2 aromatic rings. The van der Waals surface area contributed by atoms with Gasteiger partial charge in [-0.25, -0.2) is 4.39 Å². The van der Waals surface area contributed by atoms with E-state index < -0.39 is 0 Å². The summed E-state index contributed by atoms with van der Waals surface area (Å²) in [4.78, 5) is 0. The summed E-state index contributed by atoms with van der Waals surface area (Å²) in [5, 5.41) is 8.51. The van der Waals surface area contributed by atoms with E-state index in [1.165, 1.54) is 6.07 Å². The number of aromatic nitrogens is 3. The molecule has 3 rings (SSSR count). The molecule has 0 radical (unpaired) electrons. The van der Waals surface area contributed by atoms with Gasteiger partial charge in [0.25, 0.3) is 0 Å². The number of hydrogen-bond donors (Lipinski definition) is 0. The van der Waals surface area contributed by atoms with Gasteiger partial charge < -0.3 is 4.74 Å². The van der Waals surface area contributed by atoms with Crippen LogP contribution in [0, 0.1) is 5.82 Å². The first-order valence-corrected chi connectivity index (χ1v) is 6.94. The lowest BCUT2D eigenvalue weighted by Gasteiger charge is -2.22. The first-order chi connectivity index (χ1) is 9.56. The minimum Gasteiger partial charge on any atom is -0.368 e.